The Morgan fingerprint density at radius 3 is 2.41 bits per heavy atom. The van der Waals surface area contributed by atoms with Crippen molar-refractivity contribution in [2.75, 3.05) is 0 Å². The zero-order valence-electron chi connectivity index (χ0n) is 18.8. The molecule has 1 aliphatic rings. The van der Waals surface area contributed by atoms with Gasteiger partial charge < -0.3 is 0 Å². The predicted molar refractivity (Wildman–Crippen MR) is 145 cm³/mol. The zero-order valence-corrected chi connectivity index (χ0v) is 20.9. The molecule has 0 aliphatic heterocycles. The number of nitrogens with zero attached hydrogens (tertiary/aromatic N) is 1. The van der Waals surface area contributed by atoms with Crippen LogP contribution in [0.4, 0.5) is 0 Å². The van der Waals surface area contributed by atoms with E-state index in [0.29, 0.717) is 0 Å². The van der Waals surface area contributed by atoms with Crippen LogP contribution in [0, 0.1) is 0 Å². The van der Waals surface area contributed by atoms with Crippen LogP contribution in [0.25, 0.3) is 33.2 Å². The van der Waals surface area contributed by atoms with Crippen molar-refractivity contribution in [1.29, 1.82) is 0 Å². The Bertz CT molecular complexity index is 1240. The average molecular weight is 531 g/mol. The zero-order chi connectivity index (χ0) is 22.0. The fourth-order valence-corrected chi connectivity index (χ4v) is 6.53. The second kappa shape index (κ2) is 9.35. The van der Waals surface area contributed by atoms with Crippen LogP contribution in [0.15, 0.2) is 79.0 Å². The number of aromatic nitrogens is 1. The molecule has 4 aromatic rings. The summed E-state index contributed by atoms with van der Waals surface area (Å²) in [6.45, 7) is 2.29. The van der Waals surface area contributed by atoms with Gasteiger partial charge >= 0.3 is 0 Å². The first-order valence-corrected chi connectivity index (χ1v) is 13.1. The fraction of sp³-hybridized carbons (Fsp3) is 0.300. The van der Waals surface area contributed by atoms with Gasteiger partial charge in [-0.15, -0.1) is 0 Å². The maximum Gasteiger partial charge on any atom is 0.0780 e. The van der Waals surface area contributed by atoms with Crippen molar-refractivity contribution in [3.8, 4) is 22.4 Å². The largest absolute Gasteiger partial charge is 0.256 e. The first-order valence-electron chi connectivity index (χ1n) is 12.0. The molecular formula is C30H30IN. The molecule has 162 valence electrons. The van der Waals surface area contributed by atoms with Gasteiger partial charge in [0.2, 0.25) is 0 Å². The molecular weight excluding hydrogens is 501 g/mol. The van der Waals surface area contributed by atoms with Gasteiger partial charge in [-0.1, -0.05) is 129 Å². The number of alkyl halides is 1. The number of fused-ring (bicyclic) bond motifs is 4. The van der Waals surface area contributed by atoms with Gasteiger partial charge in [0.1, 0.15) is 0 Å². The highest BCUT2D eigenvalue weighted by atomic mass is 127. The average Bonchev–Trinajstić information content (AvgIpc) is 3.09. The molecule has 1 nitrogen and oxygen atoms in total. The quantitative estimate of drug-likeness (QED) is 0.125. The van der Waals surface area contributed by atoms with E-state index in [1.165, 1.54) is 83.5 Å². The summed E-state index contributed by atoms with van der Waals surface area (Å²) in [5.74, 6) is 0. The number of pyridine rings is 1. The Morgan fingerprint density at radius 1 is 0.750 bits per heavy atom. The van der Waals surface area contributed by atoms with Gasteiger partial charge in [-0.25, -0.2) is 0 Å². The molecule has 2 heteroatoms. The van der Waals surface area contributed by atoms with E-state index in [1.807, 2.05) is 6.20 Å². The molecule has 0 bridgehead atoms. The molecule has 1 aliphatic carbocycles. The van der Waals surface area contributed by atoms with Crippen LogP contribution in [0.1, 0.15) is 63.0 Å². The molecule has 0 N–H and O–H groups in total. The van der Waals surface area contributed by atoms with E-state index >= 15 is 0 Å². The van der Waals surface area contributed by atoms with E-state index in [1.54, 1.807) is 0 Å². The maximum absolute atomic E-state index is 4.80. The Kier molecular flexibility index (Phi) is 6.32. The third-order valence-corrected chi connectivity index (χ3v) is 8.61. The van der Waals surface area contributed by atoms with E-state index in [2.05, 4.69) is 102 Å². The van der Waals surface area contributed by atoms with Crippen LogP contribution in [0.5, 0.6) is 0 Å². The van der Waals surface area contributed by atoms with Crippen molar-refractivity contribution in [2.24, 2.45) is 0 Å². The van der Waals surface area contributed by atoms with Crippen molar-refractivity contribution in [3.63, 3.8) is 0 Å². The van der Waals surface area contributed by atoms with E-state index in [0.717, 1.165) is 5.69 Å². The Labute approximate surface area is 205 Å². The molecule has 0 amide bonds. The van der Waals surface area contributed by atoms with E-state index in [-0.39, 0.29) is 3.42 Å². The minimum atomic E-state index is 0.0367. The number of hydrogen-bond donors (Lipinski definition) is 0. The highest BCUT2D eigenvalue weighted by Crippen LogP contribution is 2.56. The number of hydrogen-bond acceptors (Lipinski definition) is 1. The minimum Gasteiger partial charge on any atom is -0.256 e. The smallest absolute Gasteiger partial charge is 0.0780 e. The molecule has 32 heavy (non-hydrogen) atoms. The van der Waals surface area contributed by atoms with Gasteiger partial charge in [-0.2, -0.15) is 0 Å². The Hall–Kier alpha value is -2.20. The number of unbranched alkanes of at least 4 members (excludes halogenated alkanes) is 5. The summed E-state index contributed by atoms with van der Waals surface area (Å²) < 4.78 is 0.0367. The highest BCUT2D eigenvalue weighted by molar-refractivity contribution is 14.1. The van der Waals surface area contributed by atoms with Crippen molar-refractivity contribution in [1.82, 2.24) is 4.98 Å². The first kappa shape index (κ1) is 21.6. The summed E-state index contributed by atoms with van der Waals surface area (Å²) in [4.78, 5) is 4.80. The van der Waals surface area contributed by atoms with Crippen LogP contribution >= 0.6 is 22.6 Å². The fourth-order valence-electron chi connectivity index (χ4n) is 5.23. The lowest BCUT2D eigenvalue weighted by molar-refractivity contribution is 0.563. The standard InChI is InChI=1S/C30H30IN/c1-2-3-4-5-6-11-19-30(31)27-15-10-9-14-25(27)26-17-16-23(21-28(26)30)29-24-13-8-7-12-22(24)18-20-32-29/h7-10,12-18,20-21H,2-6,11,19H2,1H3. The van der Waals surface area contributed by atoms with Crippen molar-refractivity contribution in [3.05, 3.63) is 90.1 Å². The molecule has 0 fully saturated rings. The molecule has 0 radical (unpaired) electrons. The summed E-state index contributed by atoms with van der Waals surface area (Å²) in [5.41, 5.74) is 8.04. The molecule has 0 saturated carbocycles. The van der Waals surface area contributed by atoms with Crippen LogP contribution in [0.3, 0.4) is 0 Å². The second-order valence-corrected chi connectivity index (χ2v) is 10.8. The van der Waals surface area contributed by atoms with Crippen LogP contribution in [0.2, 0.25) is 0 Å². The van der Waals surface area contributed by atoms with Crippen LogP contribution in [-0.2, 0) is 3.42 Å². The van der Waals surface area contributed by atoms with Crippen LogP contribution in [-0.4, -0.2) is 4.98 Å². The van der Waals surface area contributed by atoms with Gasteiger partial charge in [-0.3, -0.25) is 4.98 Å². The SMILES string of the molecule is CCCCCCCCC1(I)c2ccccc2-c2ccc(-c3nccc4ccccc34)cc21. The van der Waals surface area contributed by atoms with Gasteiger partial charge in [0.15, 0.2) is 0 Å². The topological polar surface area (TPSA) is 12.9 Å². The lowest BCUT2D eigenvalue weighted by atomic mass is 9.89. The third-order valence-electron chi connectivity index (χ3n) is 6.91. The second-order valence-electron chi connectivity index (χ2n) is 9.01. The summed E-state index contributed by atoms with van der Waals surface area (Å²) in [6, 6.07) is 26.7. The molecule has 5 rings (SSSR count). The molecule has 1 heterocycles. The summed E-state index contributed by atoms with van der Waals surface area (Å²) in [6.07, 6.45) is 11.1. The van der Waals surface area contributed by atoms with Crippen molar-refractivity contribution in [2.45, 2.75) is 55.3 Å². The molecule has 1 atom stereocenters. The normalized spacial score (nSPS) is 16.8. The van der Waals surface area contributed by atoms with Gasteiger partial charge in [0.25, 0.3) is 0 Å². The molecule has 3 aromatic carbocycles. The van der Waals surface area contributed by atoms with Crippen molar-refractivity contribution >= 4 is 33.4 Å². The summed E-state index contributed by atoms with van der Waals surface area (Å²) >= 11 is 2.75. The maximum atomic E-state index is 4.80. The Morgan fingerprint density at radius 2 is 1.50 bits per heavy atom. The number of halogens is 1. The van der Waals surface area contributed by atoms with E-state index in [4.69, 9.17) is 4.98 Å². The lowest BCUT2D eigenvalue weighted by Crippen LogP contribution is -2.16. The predicted octanol–water partition coefficient (Wildman–Crippen LogP) is 9.31. The summed E-state index contributed by atoms with van der Waals surface area (Å²) in [7, 11) is 0. The lowest BCUT2D eigenvalue weighted by Gasteiger charge is -2.26. The third kappa shape index (κ3) is 3.87. The number of rotatable bonds is 8. The minimum absolute atomic E-state index is 0.0367. The van der Waals surface area contributed by atoms with Crippen LogP contribution < -0.4 is 0 Å². The molecule has 1 unspecified atom stereocenters. The van der Waals surface area contributed by atoms with Crippen molar-refractivity contribution < 1.29 is 0 Å². The van der Waals surface area contributed by atoms with E-state index in [9.17, 15) is 0 Å². The number of benzene rings is 3. The molecule has 0 spiro atoms. The first-order chi connectivity index (χ1) is 15.7. The Balaban J connectivity index is 1.53. The highest BCUT2D eigenvalue weighted by Gasteiger charge is 2.40. The van der Waals surface area contributed by atoms with Gasteiger partial charge in [0.05, 0.1) is 9.12 Å². The molecule has 0 saturated heterocycles. The monoisotopic (exact) mass is 531 g/mol. The van der Waals surface area contributed by atoms with Gasteiger partial charge in [-0.05, 0) is 46.2 Å². The van der Waals surface area contributed by atoms with Gasteiger partial charge in [0, 0.05) is 17.1 Å². The molecule has 1 aromatic heterocycles. The van der Waals surface area contributed by atoms with E-state index < -0.39 is 0 Å². The summed E-state index contributed by atoms with van der Waals surface area (Å²) in [5, 5.41) is 2.47.